The normalized spacial score (nSPS) is 10.8. The fourth-order valence-electron chi connectivity index (χ4n) is 2.14. The summed E-state index contributed by atoms with van der Waals surface area (Å²) in [4.78, 5) is 24.1. The van der Waals surface area contributed by atoms with E-state index in [0.29, 0.717) is 39.4 Å². The number of benzene rings is 1. The van der Waals surface area contributed by atoms with Gasteiger partial charge in [0.1, 0.15) is 6.29 Å². The summed E-state index contributed by atoms with van der Waals surface area (Å²) in [7, 11) is 1.89. The number of aryl methyl sites for hydroxylation is 2. The Morgan fingerprint density at radius 3 is 2.61 bits per heavy atom. The van der Waals surface area contributed by atoms with Crippen molar-refractivity contribution in [1.29, 1.82) is 0 Å². The molecule has 0 aromatic heterocycles. The predicted octanol–water partition coefficient (Wildman–Crippen LogP) is 0.979. The lowest BCUT2D eigenvalue weighted by Gasteiger charge is -2.17. The lowest BCUT2D eigenvalue weighted by Crippen LogP contribution is -2.33. The van der Waals surface area contributed by atoms with E-state index >= 15 is 0 Å². The Morgan fingerprint density at radius 1 is 1.26 bits per heavy atom. The van der Waals surface area contributed by atoms with Crippen LogP contribution < -0.4 is 10.6 Å². The van der Waals surface area contributed by atoms with Crippen LogP contribution in [0.15, 0.2) is 18.2 Å². The van der Waals surface area contributed by atoms with E-state index in [1.165, 1.54) is 0 Å². The SMILES string of the molecule is Cc1cccc(C)c1NC(=O)CN(C)CCOCCNCC=O. The minimum Gasteiger partial charge on any atom is -0.379 e. The second-order valence-electron chi connectivity index (χ2n) is 5.54. The number of aldehydes is 1. The molecule has 0 unspecified atom stereocenters. The lowest BCUT2D eigenvalue weighted by atomic mass is 10.1. The van der Waals surface area contributed by atoms with E-state index in [4.69, 9.17) is 4.74 Å². The molecule has 1 rings (SSSR count). The highest BCUT2D eigenvalue weighted by Gasteiger charge is 2.09. The van der Waals surface area contributed by atoms with Crippen molar-refractivity contribution in [2.24, 2.45) is 0 Å². The summed E-state index contributed by atoms with van der Waals surface area (Å²) in [6, 6.07) is 5.95. The number of carbonyl (C=O) groups is 2. The van der Waals surface area contributed by atoms with Crippen molar-refractivity contribution in [2.45, 2.75) is 13.8 Å². The molecule has 0 bridgehead atoms. The maximum Gasteiger partial charge on any atom is 0.238 e. The lowest BCUT2D eigenvalue weighted by molar-refractivity contribution is -0.117. The molecular formula is C17H27N3O3. The second kappa shape index (κ2) is 10.9. The van der Waals surface area contributed by atoms with Crippen LogP contribution in [0.3, 0.4) is 0 Å². The zero-order chi connectivity index (χ0) is 17.1. The number of hydrogen-bond acceptors (Lipinski definition) is 5. The van der Waals surface area contributed by atoms with Gasteiger partial charge < -0.3 is 20.2 Å². The van der Waals surface area contributed by atoms with Gasteiger partial charge in [0.05, 0.1) is 26.3 Å². The molecule has 1 amide bonds. The van der Waals surface area contributed by atoms with Crippen LogP contribution in [0.1, 0.15) is 11.1 Å². The van der Waals surface area contributed by atoms with Gasteiger partial charge in [0, 0.05) is 18.8 Å². The average Bonchev–Trinajstić information content (AvgIpc) is 2.50. The number of para-hydroxylation sites is 1. The summed E-state index contributed by atoms with van der Waals surface area (Å²) in [5.41, 5.74) is 3.02. The zero-order valence-corrected chi connectivity index (χ0v) is 14.2. The quantitative estimate of drug-likeness (QED) is 0.470. The van der Waals surface area contributed by atoms with E-state index in [0.717, 1.165) is 23.1 Å². The number of hydrogen-bond donors (Lipinski definition) is 2. The monoisotopic (exact) mass is 321 g/mol. The summed E-state index contributed by atoms with van der Waals surface area (Å²) in [6.45, 7) is 7.06. The Bertz CT molecular complexity index is 486. The third kappa shape index (κ3) is 7.88. The number of nitrogens with zero attached hydrogens (tertiary/aromatic N) is 1. The molecule has 128 valence electrons. The van der Waals surface area contributed by atoms with Crippen LogP contribution in [0.25, 0.3) is 0 Å². The zero-order valence-electron chi connectivity index (χ0n) is 14.2. The fraction of sp³-hybridized carbons (Fsp3) is 0.529. The minimum absolute atomic E-state index is 0.0300. The predicted molar refractivity (Wildman–Crippen MR) is 91.8 cm³/mol. The van der Waals surface area contributed by atoms with Gasteiger partial charge in [0.25, 0.3) is 0 Å². The van der Waals surface area contributed by atoms with Gasteiger partial charge in [-0.2, -0.15) is 0 Å². The number of amides is 1. The first-order valence-electron chi connectivity index (χ1n) is 7.81. The highest BCUT2D eigenvalue weighted by molar-refractivity contribution is 5.93. The van der Waals surface area contributed by atoms with Gasteiger partial charge in [-0.15, -0.1) is 0 Å². The Balaban J connectivity index is 2.22. The molecule has 6 heteroatoms. The van der Waals surface area contributed by atoms with Crippen molar-refractivity contribution in [1.82, 2.24) is 10.2 Å². The molecule has 0 radical (unpaired) electrons. The van der Waals surface area contributed by atoms with Crippen LogP contribution in [0.2, 0.25) is 0 Å². The van der Waals surface area contributed by atoms with E-state index in [9.17, 15) is 9.59 Å². The van der Waals surface area contributed by atoms with Crippen LogP contribution in [0, 0.1) is 13.8 Å². The Morgan fingerprint density at radius 2 is 1.96 bits per heavy atom. The van der Waals surface area contributed by atoms with Crippen LogP contribution in [0.5, 0.6) is 0 Å². The Hall–Kier alpha value is -1.76. The maximum absolute atomic E-state index is 12.1. The van der Waals surface area contributed by atoms with Crippen molar-refractivity contribution in [2.75, 3.05) is 51.8 Å². The summed E-state index contributed by atoms with van der Waals surface area (Å²) >= 11 is 0. The first-order valence-corrected chi connectivity index (χ1v) is 7.81. The van der Waals surface area contributed by atoms with Gasteiger partial charge in [-0.1, -0.05) is 18.2 Å². The molecule has 0 aliphatic carbocycles. The largest absolute Gasteiger partial charge is 0.379 e. The Kier molecular flexibility index (Phi) is 9.12. The molecule has 23 heavy (non-hydrogen) atoms. The van der Waals surface area contributed by atoms with Crippen LogP contribution >= 0.6 is 0 Å². The number of nitrogens with one attached hydrogen (secondary N) is 2. The molecular weight excluding hydrogens is 294 g/mol. The first-order chi connectivity index (χ1) is 11.0. The summed E-state index contributed by atoms with van der Waals surface area (Å²) in [5, 5.41) is 5.89. The van der Waals surface area contributed by atoms with Crippen molar-refractivity contribution < 1.29 is 14.3 Å². The third-order valence-electron chi connectivity index (χ3n) is 3.43. The number of ether oxygens (including phenoxy) is 1. The smallest absolute Gasteiger partial charge is 0.238 e. The fourth-order valence-corrected chi connectivity index (χ4v) is 2.14. The van der Waals surface area contributed by atoms with Crippen LogP contribution in [0.4, 0.5) is 5.69 Å². The molecule has 0 atom stereocenters. The molecule has 0 aliphatic rings. The van der Waals surface area contributed by atoms with Crippen molar-refractivity contribution in [3.8, 4) is 0 Å². The molecule has 0 spiro atoms. The van der Waals surface area contributed by atoms with Crippen molar-refractivity contribution in [3.05, 3.63) is 29.3 Å². The van der Waals surface area contributed by atoms with Gasteiger partial charge in [0.2, 0.25) is 5.91 Å². The molecule has 1 aromatic carbocycles. The summed E-state index contributed by atoms with van der Waals surface area (Å²) in [6.07, 6.45) is 0.822. The molecule has 6 nitrogen and oxygen atoms in total. The molecule has 1 aromatic rings. The van der Waals surface area contributed by atoms with Gasteiger partial charge in [-0.25, -0.2) is 0 Å². The second-order valence-corrected chi connectivity index (χ2v) is 5.54. The van der Waals surface area contributed by atoms with Crippen molar-refractivity contribution >= 4 is 17.9 Å². The average molecular weight is 321 g/mol. The number of likely N-dealkylation sites (N-methyl/N-ethyl adjacent to an activating group) is 1. The minimum atomic E-state index is -0.0300. The number of carbonyl (C=O) groups excluding carboxylic acids is 2. The molecule has 0 saturated heterocycles. The Labute approximate surface area is 138 Å². The van der Waals surface area contributed by atoms with Gasteiger partial charge in [0.15, 0.2) is 0 Å². The van der Waals surface area contributed by atoms with Gasteiger partial charge in [-0.05, 0) is 32.0 Å². The van der Waals surface area contributed by atoms with E-state index in [2.05, 4.69) is 10.6 Å². The molecule has 0 aliphatic heterocycles. The number of rotatable bonds is 11. The van der Waals surface area contributed by atoms with E-state index in [-0.39, 0.29) is 5.91 Å². The summed E-state index contributed by atoms with van der Waals surface area (Å²) < 4.78 is 5.44. The van der Waals surface area contributed by atoms with Crippen molar-refractivity contribution in [3.63, 3.8) is 0 Å². The van der Waals surface area contributed by atoms with E-state index in [1.807, 2.05) is 44.0 Å². The molecule has 0 heterocycles. The standard InChI is InChI=1S/C17H27N3O3/c1-14-5-4-6-15(2)17(14)19-16(22)13-20(3)9-12-23-11-8-18-7-10-21/h4-6,10,18H,7-9,11-13H2,1-3H3,(H,19,22). The molecule has 0 fully saturated rings. The highest BCUT2D eigenvalue weighted by atomic mass is 16.5. The van der Waals surface area contributed by atoms with Crippen LogP contribution in [-0.2, 0) is 14.3 Å². The van der Waals surface area contributed by atoms with E-state index < -0.39 is 0 Å². The topological polar surface area (TPSA) is 70.7 Å². The third-order valence-corrected chi connectivity index (χ3v) is 3.43. The van der Waals surface area contributed by atoms with Gasteiger partial charge >= 0.3 is 0 Å². The summed E-state index contributed by atoms with van der Waals surface area (Å²) in [5.74, 6) is -0.0300. The highest BCUT2D eigenvalue weighted by Crippen LogP contribution is 2.19. The maximum atomic E-state index is 12.1. The first kappa shape index (κ1) is 19.3. The molecule has 0 saturated carbocycles. The van der Waals surface area contributed by atoms with E-state index in [1.54, 1.807) is 0 Å². The van der Waals surface area contributed by atoms with Crippen LogP contribution in [-0.4, -0.2) is 63.5 Å². The number of anilines is 1. The van der Waals surface area contributed by atoms with Gasteiger partial charge in [-0.3, -0.25) is 9.69 Å². The molecule has 2 N–H and O–H groups in total.